The van der Waals surface area contributed by atoms with Crippen LogP contribution in [0.1, 0.15) is 0 Å². The van der Waals surface area contributed by atoms with Crippen molar-refractivity contribution >= 4 is 16.6 Å². The Bertz CT molecular complexity index is 1110. The Hall–Kier alpha value is -3.21. The van der Waals surface area contributed by atoms with Gasteiger partial charge in [-0.1, -0.05) is 42.5 Å². The third kappa shape index (κ3) is 1.76. The Kier molecular flexibility index (Phi) is 2.66. The van der Waals surface area contributed by atoms with Crippen molar-refractivity contribution in [1.82, 2.24) is 14.0 Å². The van der Waals surface area contributed by atoms with Crippen molar-refractivity contribution in [2.24, 2.45) is 0 Å². The third-order valence-electron chi connectivity index (χ3n) is 3.60. The van der Waals surface area contributed by atoms with Crippen LogP contribution in [-0.4, -0.2) is 14.0 Å². The lowest BCUT2D eigenvalue weighted by atomic mass is 10.3. The number of hydrogen-bond donors (Lipinski definition) is 0. The maximum absolute atomic E-state index is 12.8. The summed E-state index contributed by atoms with van der Waals surface area (Å²) in [6, 6.07) is 19.9. The van der Waals surface area contributed by atoms with Gasteiger partial charge in [0.2, 0.25) is 0 Å². The Balaban J connectivity index is 2.22. The highest BCUT2D eigenvalue weighted by Crippen LogP contribution is 2.15. The molecule has 5 nitrogen and oxygen atoms in total. The monoisotopic (exact) mass is 289 g/mol. The highest BCUT2D eigenvalue weighted by atomic mass is 16.2. The highest BCUT2D eigenvalue weighted by Gasteiger charge is 2.12. The Morgan fingerprint density at radius 2 is 1.50 bits per heavy atom. The first-order chi connectivity index (χ1) is 10.8. The van der Waals surface area contributed by atoms with Gasteiger partial charge in [-0.2, -0.15) is 4.98 Å². The van der Waals surface area contributed by atoms with E-state index in [9.17, 15) is 9.59 Å². The van der Waals surface area contributed by atoms with Crippen LogP contribution in [0.4, 0.5) is 0 Å². The van der Waals surface area contributed by atoms with Gasteiger partial charge < -0.3 is 0 Å². The summed E-state index contributed by atoms with van der Waals surface area (Å²) in [7, 11) is 0. The molecule has 0 aliphatic carbocycles. The number of para-hydroxylation sites is 1. The number of benzene rings is 1. The zero-order valence-corrected chi connectivity index (χ0v) is 11.5. The zero-order valence-electron chi connectivity index (χ0n) is 11.5. The molecule has 0 N–H and O–H groups in total. The van der Waals surface area contributed by atoms with Crippen molar-refractivity contribution in [3.05, 3.63) is 87.7 Å². The highest BCUT2D eigenvalue weighted by molar-refractivity contribution is 5.85. The minimum absolute atomic E-state index is 0.364. The van der Waals surface area contributed by atoms with Crippen LogP contribution in [0.5, 0.6) is 0 Å². The second kappa shape index (κ2) is 4.66. The summed E-state index contributed by atoms with van der Waals surface area (Å²) in [6.07, 6.45) is 0. The molecule has 0 bridgehead atoms. The van der Waals surface area contributed by atoms with Gasteiger partial charge in [-0.15, -0.1) is 0 Å². The predicted octanol–water partition coefficient (Wildman–Crippen LogP) is 2.00. The lowest BCUT2D eigenvalue weighted by Gasteiger charge is -2.04. The molecule has 0 saturated carbocycles. The molecule has 0 unspecified atom stereocenters. The quantitative estimate of drug-likeness (QED) is 0.538. The lowest BCUT2D eigenvalue weighted by Crippen LogP contribution is -2.37. The minimum Gasteiger partial charge on any atom is -0.247 e. The molecule has 0 amide bonds. The molecule has 4 rings (SSSR count). The fraction of sp³-hybridized carbons (Fsp3) is 0. The predicted molar refractivity (Wildman–Crippen MR) is 84.6 cm³/mol. The Morgan fingerprint density at radius 1 is 0.818 bits per heavy atom. The molecule has 2 heterocycles. The third-order valence-corrected chi connectivity index (χ3v) is 3.60. The molecule has 2 aromatic heterocycles. The summed E-state index contributed by atoms with van der Waals surface area (Å²) in [5.74, 6) is 0. The molecule has 0 aliphatic heterocycles. The van der Waals surface area contributed by atoms with Gasteiger partial charge in [0.25, 0.3) is 0 Å². The van der Waals surface area contributed by atoms with Crippen LogP contribution < -0.4 is 11.4 Å². The van der Waals surface area contributed by atoms with Gasteiger partial charge >= 0.3 is 11.4 Å². The summed E-state index contributed by atoms with van der Waals surface area (Å²) < 4.78 is 2.54. The Labute approximate surface area is 124 Å². The van der Waals surface area contributed by atoms with Crippen LogP contribution in [0.15, 0.2) is 76.3 Å². The summed E-state index contributed by atoms with van der Waals surface area (Å²) in [5, 5.41) is 0.861. The van der Waals surface area contributed by atoms with E-state index in [1.165, 1.54) is 4.40 Å². The molecule has 0 radical (unpaired) electrons. The van der Waals surface area contributed by atoms with Crippen LogP contribution in [0, 0.1) is 0 Å². The lowest BCUT2D eigenvalue weighted by molar-refractivity contribution is 0.811. The van der Waals surface area contributed by atoms with E-state index in [-0.39, 0.29) is 0 Å². The number of aromatic nitrogens is 3. The van der Waals surface area contributed by atoms with Gasteiger partial charge in [0.05, 0.1) is 11.2 Å². The number of rotatable bonds is 1. The van der Waals surface area contributed by atoms with Crippen molar-refractivity contribution in [3.63, 3.8) is 0 Å². The van der Waals surface area contributed by atoms with E-state index in [1.54, 1.807) is 30.3 Å². The molecular weight excluding hydrogens is 278 g/mol. The van der Waals surface area contributed by atoms with Crippen LogP contribution in [0.25, 0.3) is 22.2 Å². The van der Waals surface area contributed by atoms with E-state index >= 15 is 0 Å². The van der Waals surface area contributed by atoms with Crippen molar-refractivity contribution < 1.29 is 0 Å². The van der Waals surface area contributed by atoms with E-state index in [4.69, 9.17) is 0 Å². The summed E-state index contributed by atoms with van der Waals surface area (Å²) >= 11 is 0. The van der Waals surface area contributed by atoms with Crippen LogP contribution >= 0.6 is 0 Å². The molecule has 4 aromatic rings. The van der Waals surface area contributed by atoms with Crippen molar-refractivity contribution in [1.29, 1.82) is 0 Å². The van der Waals surface area contributed by atoms with Crippen molar-refractivity contribution in [2.45, 2.75) is 0 Å². The number of hydrogen-bond acceptors (Lipinski definition) is 3. The van der Waals surface area contributed by atoms with Crippen molar-refractivity contribution in [3.8, 4) is 5.69 Å². The summed E-state index contributed by atoms with van der Waals surface area (Å²) in [5.41, 5.74) is 0.609. The van der Waals surface area contributed by atoms with Gasteiger partial charge in [0.15, 0.2) is 0 Å². The summed E-state index contributed by atoms with van der Waals surface area (Å²) in [6.45, 7) is 0. The van der Waals surface area contributed by atoms with Gasteiger partial charge in [0.1, 0.15) is 5.65 Å². The molecule has 5 heteroatoms. The number of fused-ring (bicyclic) bond motifs is 3. The van der Waals surface area contributed by atoms with Crippen LogP contribution in [0.2, 0.25) is 0 Å². The maximum Gasteiger partial charge on any atom is 0.358 e. The fourth-order valence-electron chi connectivity index (χ4n) is 2.62. The first-order valence-corrected chi connectivity index (χ1v) is 6.85. The molecule has 106 valence electrons. The largest absolute Gasteiger partial charge is 0.358 e. The molecule has 0 fully saturated rings. The molecule has 0 saturated heterocycles. The molecule has 2 aromatic carbocycles. The standard InChI is InChI=1S/C17H11N3O2/c21-16-18-15-11-12-7-3-1-6-10-14(12)20(15)17(22)19(16)13-8-4-2-5-9-13/h1-11H. The van der Waals surface area contributed by atoms with E-state index in [1.807, 2.05) is 36.4 Å². The van der Waals surface area contributed by atoms with Crippen LogP contribution in [0.3, 0.4) is 0 Å². The van der Waals surface area contributed by atoms with Crippen LogP contribution in [-0.2, 0) is 0 Å². The SMILES string of the molecule is O=c1nc2cc3cccccc3n2c(=O)n1-c1ccccc1. The molecule has 22 heavy (non-hydrogen) atoms. The molecule has 0 atom stereocenters. The normalized spacial score (nSPS) is 11.1. The molecular formula is C17H11N3O2. The maximum atomic E-state index is 12.8. The average molecular weight is 289 g/mol. The van der Waals surface area contributed by atoms with E-state index in [2.05, 4.69) is 4.98 Å². The first-order valence-electron chi connectivity index (χ1n) is 6.85. The first kappa shape index (κ1) is 12.5. The minimum atomic E-state index is -0.573. The van der Waals surface area contributed by atoms with Gasteiger partial charge in [-0.25, -0.2) is 18.6 Å². The Morgan fingerprint density at radius 3 is 2.27 bits per heavy atom. The second-order valence-corrected chi connectivity index (χ2v) is 4.94. The summed E-state index contributed by atoms with van der Waals surface area (Å²) in [4.78, 5) is 29.1. The second-order valence-electron chi connectivity index (χ2n) is 4.94. The van der Waals surface area contributed by atoms with E-state index in [0.29, 0.717) is 11.3 Å². The smallest absolute Gasteiger partial charge is 0.247 e. The van der Waals surface area contributed by atoms with Gasteiger partial charge in [-0.3, -0.25) is 0 Å². The molecule has 0 spiro atoms. The fourth-order valence-corrected chi connectivity index (χ4v) is 2.62. The number of nitrogens with zero attached hydrogens (tertiary/aromatic N) is 3. The van der Waals surface area contributed by atoms with E-state index < -0.39 is 11.4 Å². The topological polar surface area (TPSA) is 56.4 Å². The zero-order chi connectivity index (χ0) is 15.1. The molecule has 0 aliphatic rings. The van der Waals surface area contributed by atoms with Gasteiger partial charge in [-0.05, 0) is 24.3 Å². The van der Waals surface area contributed by atoms with E-state index in [0.717, 1.165) is 15.5 Å². The van der Waals surface area contributed by atoms with Gasteiger partial charge in [0, 0.05) is 5.39 Å². The average Bonchev–Trinajstić information content (AvgIpc) is 2.70. The van der Waals surface area contributed by atoms with Crippen molar-refractivity contribution in [2.75, 3.05) is 0 Å².